The topological polar surface area (TPSA) is 0 Å². The predicted octanol–water partition coefficient (Wildman–Crippen LogP) is 4.70. The van der Waals surface area contributed by atoms with E-state index in [-0.39, 0.29) is 0 Å². The van der Waals surface area contributed by atoms with Crippen LogP contribution in [-0.2, 0) is 6.42 Å². The van der Waals surface area contributed by atoms with Crippen molar-refractivity contribution in [1.29, 1.82) is 0 Å². The fourth-order valence-corrected chi connectivity index (χ4v) is 2.46. The molecule has 0 aliphatic heterocycles. The van der Waals surface area contributed by atoms with Crippen molar-refractivity contribution in [2.45, 2.75) is 51.4 Å². The molecular formula is C18H20. The molecule has 0 atom stereocenters. The van der Waals surface area contributed by atoms with Gasteiger partial charge >= 0.3 is 0 Å². The zero-order chi connectivity index (χ0) is 12.4. The minimum Gasteiger partial charge on any atom is -0.104 e. The van der Waals surface area contributed by atoms with Crippen LogP contribution in [0.25, 0.3) is 5.57 Å². The Morgan fingerprint density at radius 1 is 1.22 bits per heavy atom. The summed E-state index contributed by atoms with van der Waals surface area (Å²) < 4.78 is 0. The standard InChI is InChI=1S/C18H20/c1-2-3-4-5-6-15-11-12-17(14-7-8-14)13-18(15)16-9-10-16/h9,11-14H,2,5-8,10H2,1H3. The van der Waals surface area contributed by atoms with Gasteiger partial charge in [0, 0.05) is 12.8 Å². The van der Waals surface area contributed by atoms with Crippen LogP contribution < -0.4 is 0 Å². The van der Waals surface area contributed by atoms with Gasteiger partial charge in [0.1, 0.15) is 0 Å². The Balaban J connectivity index is 1.77. The molecule has 0 heteroatoms. The fraction of sp³-hybridized carbons (Fsp3) is 0.444. The fourth-order valence-electron chi connectivity index (χ4n) is 2.46. The molecule has 0 aromatic heterocycles. The van der Waals surface area contributed by atoms with Gasteiger partial charge < -0.3 is 0 Å². The van der Waals surface area contributed by atoms with E-state index in [1.54, 1.807) is 11.1 Å². The third-order valence-electron chi connectivity index (χ3n) is 3.76. The highest BCUT2D eigenvalue weighted by molar-refractivity contribution is 5.79. The van der Waals surface area contributed by atoms with Crippen molar-refractivity contribution < 1.29 is 0 Å². The highest BCUT2D eigenvalue weighted by Gasteiger charge is 2.25. The average Bonchev–Trinajstić information content (AvgIpc) is 3.28. The average molecular weight is 236 g/mol. The van der Waals surface area contributed by atoms with Crippen LogP contribution in [0.3, 0.4) is 0 Å². The molecule has 2 aliphatic rings. The molecule has 0 amide bonds. The normalized spacial score (nSPS) is 16.8. The number of benzene rings is 1. The highest BCUT2D eigenvalue weighted by Crippen LogP contribution is 2.43. The lowest BCUT2D eigenvalue weighted by Gasteiger charge is -2.08. The van der Waals surface area contributed by atoms with E-state index in [1.807, 2.05) is 0 Å². The van der Waals surface area contributed by atoms with Gasteiger partial charge in [0.2, 0.25) is 0 Å². The van der Waals surface area contributed by atoms with Gasteiger partial charge in [-0.1, -0.05) is 31.2 Å². The van der Waals surface area contributed by atoms with Crippen molar-refractivity contribution in [2.24, 2.45) is 0 Å². The smallest absolute Gasteiger partial charge is 0.0129 e. The molecule has 2 aliphatic carbocycles. The first-order valence-corrected chi connectivity index (χ1v) is 7.16. The van der Waals surface area contributed by atoms with Crippen molar-refractivity contribution in [3.63, 3.8) is 0 Å². The molecule has 0 heterocycles. The van der Waals surface area contributed by atoms with Gasteiger partial charge in [-0.2, -0.15) is 0 Å². The molecule has 18 heavy (non-hydrogen) atoms. The van der Waals surface area contributed by atoms with E-state index in [0.29, 0.717) is 0 Å². The Morgan fingerprint density at radius 2 is 2.06 bits per heavy atom. The summed E-state index contributed by atoms with van der Waals surface area (Å²) in [6.45, 7) is 2.11. The Kier molecular flexibility index (Phi) is 3.24. The predicted molar refractivity (Wildman–Crippen MR) is 77.4 cm³/mol. The molecule has 1 saturated carbocycles. The highest BCUT2D eigenvalue weighted by atomic mass is 14.3. The van der Waals surface area contributed by atoms with E-state index in [4.69, 9.17) is 0 Å². The molecule has 0 saturated heterocycles. The minimum absolute atomic E-state index is 0.858. The third kappa shape index (κ3) is 2.67. The zero-order valence-electron chi connectivity index (χ0n) is 11.1. The SMILES string of the molecule is CCC#CCCc1ccc(C2CC2)cc1C1=CC1. The lowest BCUT2D eigenvalue weighted by molar-refractivity contribution is 1.01. The molecular weight excluding hydrogens is 216 g/mol. The Morgan fingerprint density at radius 3 is 2.72 bits per heavy atom. The molecule has 1 fully saturated rings. The largest absolute Gasteiger partial charge is 0.104 e. The van der Waals surface area contributed by atoms with Crippen LogP contribution in [0.2, 0.25) is 0 Å². The maximum atomic E-state index is 3.25. The summed E-state index contributed by atoms with van der Waals surface area (Å²) in [4.78, 5) is 0. The molecule has 0 radical (unpaired) electrons. The first kappa shape index (κ1) is 11.6. The van der Waals surface area contributed by atoms with Gasteiger partial charge in [-0.3, -0.25) is 0 Å². The quantitative estimate of drug-likeness (QED) is 0.665. The van der Waals surface area contributed by atoms with Gasteiger partial charge in [0.25, 0.3) is 0 Å². The van der Waals surface area contributed by atoms with Crippen molar-refractivity contribution in [3.8, 4) is 11.8 Å². The lowest BCUT2D eigenvalue weighted by Crippen LogP contribution is -1.92. The summed E-state index contributed by atoms with van der Waals surface area (Å²) in [5.41, 5.74) is 6.11. The monoisotopic (exact) mass is 236 g/mol. The maximum absolute atomic E-state index is 3.25. The number of hydrogen-bond donors (Lipinski definition) is 0. The second-order valence-electron chi connectivity index (χ2n) is 5.33. The van der Waals surface area contributed by atoms with Crippen molar-refractivity contribution in [3.05, 3.63) is 41.0 Å². The van der Waals surface area contributed by atoms with E-state index < -0.39 is 0 Å². The minimum atomic E-state index is 0.858. The summed E-state index contributed by atoms with van der Waals surface area (Å²) in [6.07, 6.45) is 9.38. The summed E-state index contributed by atoms with van der Waals surface area (Å²) in [5.74, 6) is 7.27. The van der Waals surface area contributed by atoms with Crippen LogP contribution in [0, 0.1) is 11.8 Å². The van der Waals surface area contributed by atoms with Crippen LogP contribution in [0.4, 0.5) is 0 Å². The summed E-state index contributed by atoms with van der Waals surface area (Å²) >= 11 is 0. The van der Waals surface area contributed by atoms with Crippen molar-refractivity contribution in [1.82, 2.24) is 0 Å². The van der Waals surface area contributed by atoms with Crippen LogP contribution in [-0.4, -0.2) is 0 Å². The Bertz CT molecular complexity index is 533. The molecule has 92 valence electrons. The van der Waals surface area contributed by atoms with Gasteiger partial charge in [0.05, 0.1) is 0 Å². The lowest BCUT2D eigenvalue weighted by atomic mass is 9.96. The molecule has 0 unspecified atom stereocenters. The van der Waals surface area contributed by atoms with Gasteiger partial charge in [0.15, 0.2) is 0 Å². The van der Waals surface area contributed by atoms with Crippen LogP contribution >= 0.6 is 0 Å². The molecule has 0 nitrogen and oxygen atoms in total. The van der Waals surface area contributed by atoms with E-state index in [1.165, 1.54) is 30.4 Å². The maximum Gasteiger partial charge on any atom is 0.0129 e. The summed E-state index contributed by atoms with van der Waals surface area (Å²) in [7, 11) is 0. The van der Waals surface area contributed by atoms with Crippen LogP contribution in [0.1, 0.15) is 61.6 Å². The first-order valence-electron chi connectivity index (χ1n) is 7.16. The second-order valence-corrected chi connectivity index (χ2v) is 5.33. The molecule has 1 aromatic rings. The molecule has 1 aromatic carbocycles. The van der Waals surface area contributed by atoms with Crippen LogP contribution in [0.5, 0.6) is 0 Å². The zero-order valence-corrected chi connectivity index (χ0v) is 11.1. The molecule has 0 N–H and O–H groups in total. The van der Waals surface area contributed by atoms with E-state index in [9.17, 15) is 0 Å². The number of allylic oxidation sites excluding steroid dienone is 2. The number of rotatable bonds is 4. The van der Waals surface area contributed by atoms with Crippen LogP contribution in [0.15, 0.2) is 24.3 Å². The van der Waals surface area contributed by atoms with Crippen molar-refractivity contribution in [2.75, 3.05) is 0 Å². The van der Waals surface area contributed by atoms with Crippen molar-refractivity contribution >= 4 is 5.57 Å². The van der Waals surface area contributed by atoms with Gasteiger partial charge in [-0.25, -0.2) is 0 Å². The molecule has 0 bridgehead atoms. The first-order chi connectivity index (χ1) is 8.88. The number of aryl methyl sites for hydroxylation is 1. The summed E-state index contributed by atoms with van der Waals surface area (Å²) in [5, 5.41) is 0. The van der Waals surface area contributed by atoms with E-state index in [2.05, 4.69) is 43.0 Å². The van der Waals surface area contributed by atoms with Gasteiger partial charge in [-0.15, -0.1) is 11.8 Å². The molecule has 0 spiro atoms. The Hall–Kier alpha value is -1.48. The van der Waals surface area contributed by atoms with E-state index >= 15 is 0 Å². The van der Waals surface area contributed by atoms with Gasteiger partial charge in [-0.05, 0) is 53.9 Å². The summed E-state index contributed by atoms with van der Waals surface area (Å²) in [6, 6.07) is 7.13. The molecule has 3 rings (SSSR count). The number of hydrogen-bond acceptors (Lipinski definition) is 0. The Labute approximate surface area is 110 Å². The second kappa shape index (κ2) is 5.02. The van der Waals surface area contributed by atoms with E-state index in [0.717, 1.165) is 25.2 Å². The third-order valence-corrected chi connectivity index (χ3v) is 3.76.